The predicted molar refractivity (Wildman–Crippen MR) is 335 cm³/mol. The number of sulfonamides is 1. The second-order valence-electron chi connectivity index (χ2n) is 24.0. The van der Waals surface area contributed by atoms with Crippen LogP contribution >= 0.6 is 23.4 Å². The van der Waals surface area contributed by atoms with Crippen molar-refractivity contribution in [3.05, 3.63) is 148 Å². The van der Waals surface area contributed by atoms with Gasteiger partial charge < -0.3 is 29.7 Å². The van der Waals surface area contributed by atoms with Gasteiger partial charge in [0.1, 0.15) is 16.7 Å². The first-order valence-corrected chi connectivity index (χ1v) is 34.2. The first-order chi connectivity index (χ1) is 42.0. The third-order valence-electron chi connectivity index (χ3n) is 17.2. The van der Waals surface area contributed by atoms with Crippen LogP contribution in [0.1, 0.15) is 97.1 Å². The zero-order valence-electron chi connectivity index (χ0n) is 49.3. The smallest absolute Gasteiger partial charge is 0.493 e. The minimum atomic E-state index is -6.13. The number of hydrogen-bond donors (Lipinski definition) is 3. The summed E-state index contributed by atoms with van der Waals surface area (Å²) < 4.78 is 106. The fraction of sp³-hybridized carbons (Fsp3) is 0.438. The number of allylic oxidation sites excluding steroid dienone is 1. The van der Waals surface area contributed by atoms with E-state index < -0.39 is 64.7 Å². The zero-order chi connectivity index (χ0) is 62.4. The molecule has 1 aliphatic carbocycles. The first kappa shape index (κ1) is 64.5. The Labute approximate surface area is 522 Å². The third kappa shape index (κ3) is 15.7. The molecule has 4 aliphatic heterocycles. The Morgan fingerprint density at radius 2 is 1.50 bits per heavy atom. The van der Waals surface area contributed by atoms with E-state index in [0.717, 1.165) is 113 Å². The highest BCUT2D eigenvalue weighted by Crippen LogP contribution is 2.43. The van der Waals surface area contributed by atoms with Crippen molar-refractivity contribution in [2.45, 2.75) is 104 Å². The van der Waals surface area contributed by atoms with Crippen LogP contribution in [0.25, 0.3) is 5.57 Å². The summed E-state index contributed by atoms with van der Waals surface area (Å²) in [5.41, 5.74) is 0.0282. The van der Waals surface area contributed by atoms with E-state index in [4.69, 9.17) is 16.3 Å². The number of nitrogens with zero attached hydrogens (tertiary/aromatic N) is 5. The van der Waals surface area contributed by atoms with E-state index in [9.17, 15) is 49.2 Å². The number of hydrogen-bond acceptors (Lipinski definition) is 15. The number of fused-ring (bicyclic) bond motifs is 1. The van der Waals surface area contributed by atoms with Gasteiger partial charge >= 0.3 is 5.51 Å². The van der Waals surface area contributed by atoms with Gasteiger partial charge in [-0.05, 0) is 147 Å². The van der Waals surface area contributed by atoms with Gasteiger partial charge in [-0.2, -0.15) is 13.2 Å². The molecule has 5 aromatic carbocycles. The average Bonchev–Trinajstić information content (AvgIpc) is 1.47. The summed E-state index contributed by atoms with van der Waals surface area (Å²) >= 11 is 7.65. The molecule has 3 saturated heterocycles. The molecule has 0 bridgehead atoms. The third-order valence-corrected chi connectivity index (χ3v) is 21.5. The number of imide groups is 1. The lowest BCUT2D eigenvalue weighted by Gasteiger charge is -2.39. The number of anilines is 2. The van der Waals surface area contributed by atoms with Crippen molar-refractivity contribution in [1.82, 2.24) is 29.6 Å². The van der Waals surface area contributed by atoms with E-state index in [1.807, 2.05) is 53.3 Å². The summed E-state index contributed by atoms with van der Waals surface area (Å²) in [6.45, 7) is 13.4. The van der Waals surface area contributed by atoms with Crippen LogP contribution in [0.4, 0.5) is 24.5 Å². The van der Waals surface area contributed by atoms with Gasteiger partial charge in [-0.3, -0.25) is 29.4 Å². The number of sulfone groups is 1. The Balaban J connectivity index is 0.727. The molecular weight excluding hydrogens is 1210 g/mol. The van der Waals surface area contributed by atoms with Crippen molar-refractivity contribution in [3.63, 3.8) is 0 Å². The molecule has 5 aromatic rings. The summed E-state index contributed by atoms with van der Waals surface area (Å²) in [6.07, 6.45) is 5.54. The maximum atomic E-state index is 14.5. The van der Waals surface area contributed by atoms with Crippen LogP contribution < -0.4 is 25.0 Å². The topological polar surface area (TPSA) is 198 Å². The van der Waals surface area contributed by atoms with Gasteiger partial charge in [-0.1, -0.05) is 67.4 Å². The highest BCUT2D eigenvalue weighted by molar-refractivity contribution is 7.99. The zero-order valence-corrected chi connectivity index (χ0v) is 52.5. The van der Waals surface area contributed by atoms with E-state index in [1.54, 1.807) is 24.3 Å². The molecule has 2 atom stereocenters. The largest absolute Gasteiger partial charge is 0.501 e. The molecule has 10 rings (SSSR count). The second-order valence-corrected chi connectivity index (χ2v) is 29.1. The number of unbranched alkanes of at least 4 members (excludes halogenated alkanes) is 1. The van der Waals surface area contributed by atoms with Crippen LogP contribution in [0.2, 0.25) is 5.02 Å². The summed E-state index contributed by atoms with van der Waals surface area (Å²) in [4.78, 5) is 60.6. The van der Waals surface area contributed by atoms with Crippen LogP contribution in [-0.2, 0) is 36.0 Å². The molecule has 470 valence electrons. The molecule has 0 aromatic heterocycles. The van der Waals surface area contributed by atoms with E-state index >= 15 is 0 Å². The maximum Gasteiger partial charge on any atom is 0.501 e. The second kappa shape index (κ2) is 27.7. The number of ether oxygens (including phenoxy) is 1. The van der Waals surface area contributed by atoms with Crippen molar-refractivity contribution in [3.8, 4) is 5.75 Å². The van der Waals surface area contributed by atoms with Crippen LogP contribution in [0, 0.1) is 5.41 Å². The Hall–Kier alpha value is -6.47. The lowest BCUT2D eigenvalue weighted by atomic mass is 9.73. The summed E-state index contributed by atoms with van der Waals surface area (Å²) in [5, 5.41) is 6.08. The fourth-order valence-corrected chi connectivity index (χ4v) is 15.4. The minimum Gasteiger partial charge on any atom is -0.493 e. The predicted octanol–water partition coefficient (Wildman–Crippen LogP) is 9.74. The fourth-order valence-electron chi connectivity index (χ4n) is 12.2. The highest BCUT2D eigenvalue weighted by atomic mass is 35.5. The number of piperidine rings is 1. The molecule has 0 radical (unpaired) electrons. The number of carbonyl (C=O) groups is 4. The van der Waals surface area contributed by atoms with Gasteiger partial charge in [0.25, 0.3) is 31.7 Å². The van der Waals surface area contributed by atoms with E-state index in [1.165, 1.54) is 45.5 Å². The van der Waals surface area contributed by atoms with Crippen molar-refractivity contribution in [2.24, 2.45) is 5.41 Å². The number of piperazine rings is 2. The quantitative estimate of drug-likeness (QED) is 0.0317. The van der Waals surface area contributed by atoms with Gasteiger partial charge in [-0.15, -0.1) is 11.8 Å². The molecule has 0 saturated carbocycles. The summed E-state index contributed by atoms with van der Waals surface area (Å²) in [5.74, 6) is -1.21. The molecule has 88 heavy (non-hydrogen) atoms. The molecule has 4 heterocycles. The number of benzene rings is 5. The lowest BCUT2D eigenvalue weighted by Crippen LogP contribution is -2.52. The van der Waals surface area contributed by atoms with Crippen LogP contribution in [0.5, 0.6) is 5.75 Å². The maximum absolute atomic E-state index is 14.5. The highest BCUT2D eigenvalue weighted by Gasteiger charge is 2.49. The molecule has 2 unspecified atom stereocenters. The van der Waals surface area contributed by atoms with Gasteiger partial charge in [0.05, 0.1) is 23.7 Å². The number of alkyl halides is 3. The van der Waals surface area contributed by atoms with Crippen LogP contribution in [0.15, 0.2) is 136 Å². The molecular formula is C64H74ClF3N8O9S3. The Kier molecular flexibility index (Phi) is 20.3. The number of amides is 4. The van der Waals surface area contributed by atoms with Crippen molar-refractivity contribution < 1.29 is 53.9 Å². The van der Waals surface area contributed by atoms with Gasteiger partial charge in [0, 0.05) is 116 Å². The van der Waals surface area contributed by atoms with Crippen LogP contribution in [-0.4, -0.2) is 162 Å². The number of nitrogens with one attached hydrogen (secondary N) is 3. The number of halogens is 4. The summed E-state index contributed by atoms with van der Waals surface area (Å²) in [6, 6.07) is 30.2. The average molecular weight is 1290 g/mol. The number of carbonyl (C=O) groups excluding carboxylic acids is 4. The monoisotopic (exact) mass is 1290 g/mol. The van der Waals surface area contributed by atoms with Crippen molar-refractivity contribution in [1.29, 1.82) is 0 Å². The number of rotatable bonds is 23. The standard InChI is InChI=1S/C64H74ClF3N8O9S3/c1-63(2)27-25-52(44-13-17-47(65)18-14-44)46(40-63)41-74-34-36-75(37-35-74)49-19-15-45(16-20-49)60(78)71-88(83,84)51-21-22-55(58(39-51)87(81,82)64(66,67)68)69-48(43-86-50-9-4-3-5-10-50)26-29-73-32-30-72(31-33-73)28-6-7-38-85-57-12-8-11-53-54(57)42-76(62(53)80)56-23-24-59(77)70-61(56)79/h3-5,8-22,39,48,56,69H,6-7,23-38,40-43H2,1-2H3,(H,71,78)(H,70,77,79). The van der Waals surface area contributed by atoms with E-state index in [-0.39, 0.29) is 42.2 Å². The molecule has 17 nitrogen and oxygen atoms in total. The molecule has 5 aliphatic rings. The molecule has 3 N–H and O–H groups in total. The number of thioether (sulfide) groups is 1. The first-order valence-electron chi connectivity index (χ1n) is 29.9. The van der Waals surface area contributed by atoms with E-state index in [2.05, 4.69) is 56.2 Å². The summed E-state index contributed by atoms with van der Waals surface area (Å²) in [7, 11) is -11.0. The van der Waals surface area contributed by atoms with Gasteiger partial charge in [0.15, 0.2) is 0 Å². The Morgan fingerprint density at radius 3 is 2.19 bits per heavy atom. The minimum absolute atomic E-state index is 0.0209. The molecule has 0 spiro atoms. The molecule has 4 amide bonds. The molecule has 3 fully saturated rings. The normalized spacial score (nSPS) is 19.3. The van der Waals surface area contributed by atoms with Crippen LogP contribution in [0.3, 0.4) is 0 Å². The Bertz CT molecular complexity index is 3620. The van der Waals surface area contributed by atoms with Gasteiger partial charge in [0.2, 0.25) is 11.8 Å². The van der Waals surface area contributed by atoms with E-state index in [0.29, 0.717) is 60.8 Å². The molecule has 24 heteroatoms. The van der Waals surface area contributed by atoms with Crippen molar-refractivity contribution >= 4 is 83.8 Å². The van der Waals surface area contributed by atoms with Crippen molar-refractivity contribution in [2.75, 3.05) is 94.6 Å². The van der Waals surface area contributed by atoms with Gasteiger partial charge in [-0.25, -0.2) is 21.6 Å². The lowest BCUT2D eigenvalue weighted by molar-refractivity contribution is -0.136. The Morgan fingerprint density at radius 1 is 0.807 bits per heavy atom. The SMILES string of the molecule is CC1(C)CCC(c2ccc(Cl)cc2)=C(CN2CCN(c3ccc(C(=O)NS(=O)(=O)c4ccc(NC(CCN5CCN(CCCCOc6cccc7c6CN(C6CCC(=O)NC6=O)C7=O)CC5)CSc5ccccc5)c(S(=O)(=O)C(F)(F)F)c4)cc3)CC2)C1.